The predicted octanol–water partition coefficient (Wildman–Crippen LogP) is 2.32. The van der Waals surface area contributed by atoms with Gasteiger partial charge in [0.1, 0.15) is 0 Å². The first-order valence-electron chi connectivity index (χ1n) is 6.68. The number of methoxy groups -OCH3 is 1. The van der Waals surface area contributed by atoms with Crippen LogP contribution in [0.1, 0.15) is 32.4 Å². The van der Waals surface area contributed by atoms with Gasteiger partial charge in [-0.3, -0.25) is 4.68 Å². The van der Waals surface area contributed by atoms with E-state index < -0.39 is 0 Å². The second-order valence-corrected chi connectivity index (χ2v) is 4.32. The third-order valence-corrected chi connectivity index (χ3v) is 2.86. The Bertz CT molecular complexity index is 358. The highest BCUT2D eigenvalue weighted by Crippen LogP contribution is 2.14. The van der Waals surface area contributed by atoms with Crippen LogP contribution in [-0.2, 0) is 11.3 Å². The normalized spacial score (nSPS) is 12.1. The first-order chi connectivity index (χ1) is 8.79. The molecule has 0 aliphatic rings. The standard InChI is InChI=1S/C14H25N3O/c1-4-15-9-5-7-13(2)14-8-10-16-17(14)11-6-12-18-3/h7-8,10,15H,4-6,9,11-12H2,1-3H3/b13-7-. The van der Waals surface area contributed by atoms with E-state index in [1.165, 1.54) is 11.3 Å². The van der Waals surface area contributed by atoms with Crippen molar-refractivity contribution in [2.45, 2.75) is 33.2 Å². The van der Waals surface area contributed by atoms with Crippen LogP contribution in [0.25, 0.3) is 5.57 Å². The van der Waals surface area contributed by atoms with Crippen molar-refractivity contribution >= 4 is 5.57 Å². The average Bonchev–Trinajstić information content (AvgIpc) is 2.83. The molecular weight excluding hydrogens is 226 g/mol. The molecule has 0 saturated heterocycles. The van der Waals surface area contributed by atoms with E-state index in [4.69, 9.17) is 4.74 Å². The Labute approximate surface area is 110 Å². The molecule has 0 bridgehead atoms. The van der Waals surface area contributed by atoms with Crippen LogP contribution in [0.5, 0.6) is 0 Å². The van der Waals surface area contributed by atoms with Gasteiger partial charge in [-0.25, -0.2) is 0 Å². The Hall–Kier alpha value is -1.13. The van der Waals surface area contributed by atoms with Gasteiger partial charge in [0.25, 0.3) is 0 Å². The van der Waals surface area contributed by atoms with E-state index in [1.807, 2.05) is 6.20 Å². The molecule has 0 aliphatic heterocycles. The summed E-state index contributed by atoms with van der Waals surface area (Å²) in [6.45, 7) is 8.03. The molecule has 1 aromatic heterocycles. The topological polar surface area (TPSA) is 39.1 Å². The first kappa shape index (κ1) is 14.9. The molecule has 1 rings (SSSR count). The third kappa shape index (κ3) is 5.02. The van der Waals surface area contributed by atoms with Gasteiger partial charge in [0.15, 0.2) is 0 Å². The minimum Gasteiger partial charge on any atom is -0.385 e. The molecule has 0 saturated carbocycles. The quantitative estimate of drug-likeness (QED) is 0.685. The van der Waals surface area contributed by atoms with Crippen LogP contribution in [0.2, 0.25) is 0 Å². The molecule has 0 radical (unpaired) electrons. The van der Waals surface area contributed by atoms with Gasteiger partial charge in [-0.15, -0.1) is 0 Å². The van der Waals surface area contributed by atoms with E-state index in [2.05, 4.69) is 41.1 Å². The van der Waals surface area contributed by atoms with Gasteiger partial charge in [0.05, 0.1) is 5.69 Å². The minimum atomic E-state index is 0.780. The van der Waals surface area contributed by atoms with Crippen molar-refractivity contribution < 1.29 is 4.74 Å². The number of nitrogens with one attached hydrogen (secondary N) is 1. The second-order valence-electron chi connectivity index (χ2n) is 4.32. The van der Waals surface area contributed by atoms with Crippen LogP contribution >= 0.6 is 0 Å². The molecule has 1 aromatic rings. The SMILES string of the molecule is CCNCC/C=C(/C)c1ccnn1CCCOC. The second kappa shape index (κ2) is 8.89. The number of hydrogen-bond donors (Lipinski definition) is 1. The number of rotatable bonds is 9. The van der Waals surface area contributed by atoms with Crippen LogP contribution in [-0.4, -0.2) is 36.6 Å². The fraction of sp³-hybridized carbons (Fsp3) is 0.643. The number of ether oxygens (including phenoxy) is 1. The molecule has 0 aliphatic carbocycles. The predicted molar refractivity (Wildman–Crippen MR) is 75.5 cm³/mol. The summed E-state index contributed by atoms with van der Waals surface area (Å²) in [5, 5.41) is 7.68. The fourth-order valence-electron chi connectivity index (χ4n) is 1.88. The Morgan fingerprint density at radius 3 is 3.11 bits per heavy atom. The molecular formula is C14H25N3O. The summed E-state index contributed by atoms with van der Waals surface area (Å²) in [5.41, 5.74) is 2.51. The Morgan fingerprint density at radius 2 is 2.39 bits per heavy atom. The van der Waals surface area contributed by atoms with Gasteiger partial charge in [-0.2, -0.15) is 5.10 Å². The van der Waals surface area contributed by atoms with Crippen LogP contribution in [0.3, 0.4) is 0 Å². The van der Waals surface area contributed by atoms with Crippen LogP contribution in [0.15, 0.2) is 18.3 Å². The van der Waals surface area contributed by atoms with E-state index in [-0.39, 0.29) is 0 Å². The third-order valence-electron chi connectivity index (χ3n) is 2.86. The zero-order chi connectivity index (χ0) is 13.2. The Balaban J connectivity index is 2.51. The molecule has 0 amide bonds. The number of nitrogens with zero attached hydrogens (tertiary/aromatic N) is 2. The highest BCUT2D eigenvalue weighted by atomic mass is 16.5. The largest absolute Gasteiger partial charge is 0.385 e. The van der Waals surface area contributed by atoms with Gasteiger partial charge in [0, 0.05) is 26.5 Å². The number of aromatic nitrogens is 2. The van der Waals surface area contributed by atoms with Crippen molar-refractivity contribution in [2.24, 2.45) is 0 Å². The lowest BCUT2D eigenvalue weighted by molar-refractivity contribution is 0.189. The van der Waals surface area contributed by atoms with Gasteiger partial charge >= 0.3 is 0 Å². The summed E-state index contributed by atoms with van der Waals surface area (Å²) < 4.78 is 7.12. The van der Waals surface area contributed by atoms with Crippen LogP contribution in [0.4, 0.5) is 0 Å². The molecule has 18 heavy (non-hydrogen) atoms. The van der Waals surface area contributed by atoms with E-state index in [1.54, 1.807) is 7.11 Å². The van der Waals surface area contributed by atoms with Crippen molar-refractivity contribution in [3.8, 4) is 0 Å². The summed E-state index contributed by atoms with van der Waals surface area (Å²) in [5.74, 6) is 0. The zero-order valence-electron chi connectivity index (χ0n) is 11.8. The average molecular weight is 251 g/mol. The van der Waals surface area contributed by atoms with Gasteiger partial charge < -0.3 is 10.1 Å². The van der Waals surface area contributed by atoms with Crippen LogP contribution < -0.4 is 5.32 Å². The maximum absolute atomic E-state index is 5.07. The summed E-state index contributed by atoms with van der Waals surface area (Å²) in [6, 6.07) is 2.08. The summed E-state index contributed by atoms with van der Waals surface area (Å²) >= 11 is 0. The lowest BCUT2D eigenvalue weighted by atomic mass is 10.2. The molecule has 0 fully saturated rings. The molecule has 1 N–H and O–H groups in total. The van der Waals surface area contributed by atoms with Crippen molar-refractivity contribution in [1.82, 2.24) is 15.1 Å². The highest BCUT2D eigenvalue weighted by Gasteiger charge is 2.03. The van der Waals surface area contributed by atoms with Crippen molar-refractivity contribution in [1.29, 1.82) is 0 Å². The lowest BCUT2D eigenvalue weighted by Crippen LogP contribution is -2.13. The number of aryl methyl sites for hydroxylation is 1. The minimum absolute atomic E-state index is 0.780. The summed E-state index contributed by atoms with van der Waals surface area (Å²) in [6.07, 6.45) is 6.19. The summed E-state index contributed by atoms with van der Waals surface area (Å²) in [4.78, 5) is 0. The monoisotopic (exact) mass is 251 g/mol. The molecule has 0 aromatic carbocycles. The number of hydrogen-bond acceptors (Lipinski definition) is 3. The molecule has 0 unspecified atom stereocenters. The maximum Gasteiger partial charge on any atom is 0.0635 e. The van der Waals surface area contributed by atoms with Gasteiger partial charge in [-0.05, 0) is 44.5 Å². The van der Waals surface area contributed by atoms with E-state index in [9.17, 15) is 0 Å². The summed E-state index contributed by atoms with van der Waals surface area (Å²) in [7, 11) is 1.73. The highest BCUT2D eigenvalue weighted by molar-refractivity contribution is 5.60. The maximum atomic E-state index is 5.07. The Morgan fingerprint density at radius 1 is 1.56 bits per heavy atom. The smallest absolute Gasteiger partial charge is 0.0635 e. The molecule has 102 valence electrons. The molecule has 4 nitrogen and oxygen atoms in total. The lowest BCUT2D eigenvalue weighted by Gasteiger charge is -2.08. The van der Waals surface area contributed by atoms with Crippen molar-refractivity contribution in [3.63, 3.8) is 0 Å². The van der Waals surface area contributed by atoms with E-state index in [0.717, 1.165) is 39.1 Å². The zero-order valence-corrected chi connectivity index (χ0v) is 11.8. The van der Waals surface area contributed by atoms with E-state index >= 15 is 0 Å². The molecule has 0 spiro atoms. The number of allylic oxidation sites excluding steroid dienone is 1. The van der Waals surface area contributed by atoms with Gasteiger partial charge in [0.2, 0.25) is 0 Å². The van der Waals surface area contributed by atoms with Crippen LogP contribution in [0, 0.1) is 0 Å². The van der Waals surface area contributed by atoms with Gasteiger partial charge in [-0.1, -0.05) is 13.0 Å². The van der Waals surface area contributed by atoms with E-state index in [0.29, 0.717) is 0 Å². The van der Waals surface area contributed by atoms with Crippen molar-refractivity contribution in [2.75, 3.05) is 26.8 Å². The molecule has 0 atom stereocenters. The molecule has 4 heteroatoms. The molecule has 1 heterocycles. The first-order valence-corrected chi connectivity index (χ1v) is 6.68. The van der Waals surface area contributed by atoms with Crippen molar-refractivity contribution in [3.05, 3.63) is 24.0 Å². The Kier molecular flexibility index (Phi) is 7.37. The fourth-order valence-corrected chi connectivity index (χ4v) is 1.88.